The number of morpholine rings is 1. The number of nitrogens with zero attached hydrogens (tertiary/aromatic N) is 1. The summed E-state index contributed by atoms with van der Waals surface area (Å²) in [5, 5.41) is 6.23. The minimum Gasteiger partial charge on any atom is -0.374 e. The van der Waals surface area contributed by atoms with Crippen LogP contribution in [0.3, 0.4) is 0 Å². The largest absolute Gasteiger partial charge is 0.374 e. The normalized spacial score (nSPS) is 20.3. The second-order valence-electron chi connectivity index (χ2n) is 6.52. The Morgan fingerprint density at radius 3 is 2.87 bits per heavy atom. The summed E-state index contributed by atoms with van der Waals surface area (Å²) in [6.45, 7) is 9.87. The Morgan fingerprint density at radius 1 is 1.39 bits per heavy atom. The molecule has 1 aliphatic heterocycles. The predicted molar refractivity (Wildman–Crippen MR) is 92.6 cm³/mol. The molecular weight excluding hydrogens is 290 g/mol. The van der Waals surface area contributed by atoms with Crippen molar-refractivity contribution in [3.05, 3.63) is 34.9 Å². The number of benzene rings is 1. The number of hydrogen-bond donors (Lipinski definition) is 2. The third kappa shape index (κ3) is 5.61. The van der Waals surface area contributed by atoms with Gasteiger partial charge in [-0.3, -0.25) is 4.79 Å². The molecule has 1 saturated heterocycles. The Morgan fingerprint density at radius 2 is 2.17 bits per heavy atom. The molecule has 0 spiro atoms. The Balaban J connectivity index is 1.72. The van der Waals surface area contributed by atoms with Gasteiger partial charge in [0.1, 0.15) is 0 Å². The number of hydrogen-bond acceptors (Lipinski definition) is 4. The first-order valence-corrected chi connectivity index (χ1v) is 8.33. The van der Waals surface area contributed by atoms with Gasteiger partial charge < -0.3 is 20.3 Å². The number of likely N-dealkylation sites (N-methyl/N-ethyl adjacent to an activating group) is 1. The number of carbonyl (C=O) groups is 1. The van der Waals surface area contributed by atoms with Crippen LogP contribution < -0.4 is 10.6 Å². The summed E-state index contributed by atoms with van der Waals surface area (Å²) >= 11 is 0. The van der Waals surface area contributed by atoms with Crippen LogP contribution in [0.1, 0.15) is 29.7 Å². The van der Waals surface area contributed by atoms with Gasteiger partial charge in [0.25, 0.3) is 0 Å². The van der Waals surface area contributed by atoms with Gasteiger partial charge in [0.05, 0.1) is 25.3 Å². The summed E-state index contributed by atoms with van der Waals surface area (Å²) in [5.74, 6) is 0.0138. The average Bonchev–Trinajstić information content (AvgIpc) is 2.50. The van der Waals surface area contributed by atoms with Gasteiger partial charge in [-0.25, -0.2) is 0 Å². The number of amides is 1. The molecule has 1 amide bonds. The zero-order valence-electron chi connectivity index (χ0n) is 14.7. The van der Waals surface area contributed by atoms with E-state index in [9.17, 15) is 4.79 Å². The van der Waals surface area contributed by atoms with Crippen molar-refractivity contribution >= 4 is 5.91 Å². The second kappa shape index (κ2) is 8.43. The molecule has 23 heavy (non-hydrogen) atoms. The van der Waals surface area contributed by atoms with Crippen LogP contribution in [0.4, 0.5) is 0 Å². The Bertz CT molecular complexity index is 533. The van der Waals surface area contributed by atoms with Gasteiger partial charge in [-0.05, 0) is 44.5 Å². The molecule has 1 heterocycles. The maximum atomic E-state index is 12.1. The van der Waals surface area contributed by atoms with E-state index in [1.54, 1.807) is 0 Å². The van der Waals surface area contributed by atoms with E-state index < -0.39 is 0 Å². The first kappa shape index (κ1) is 17.9. The van der Waals surface area contributed by atoms with E-state index in [-0.39, 0.29) is 18.1 Å². The van der Waals surface area contributed by atoms with Gasteiger partial charge >= 0.3 is 0 Å². The maximum Gasteiger partial charge on any atom is 0.234 e. The summed E-state index contributed by atoms with van der Waals surface area (Å²) in [6, 6.07) is 6.33. The Hall–Kier alpha value is -1.43. The Kier molecular flexibility index (Phi) is 6.57. The number of nitrogens with one attached hydrogen (secondary N) is 2. The lowest BCUT2D eigenvalue weighted by molar-refractivity contribution is -0.121. The molecule has 0 bridgehead atoms. The van der Waals surface area contributed by atoms with Crippen LogP contribution in [0.15, 0.2) is 18.2 Å². The van der Waals surface area contributed by atoms with Crippen molar-refractivity contribution in [1.29, 1.82) is 0 Å². The monoisotopic (exact) mass is 319 g/mol. The van der Waals surface area contributed by atoms with Gasteiger partial charge in [-0.2, -0.15) is 0 Å². The molecular formula is C18H29N3O2. The van der Waals surface area contributed by atoms with E-state index in [0.717, 1.165) is 25.3 Å². The van der Waals surface area contributed by atoms with Crippen LogP contribution in [0.25, 0.3) is 0 Å². The molecule has 0 radical (unpaired) electrons. The van der Waals surface area contributed by atoms with Gasteiger partial charge in [-0.15, -0.1) is 0 Å². The van der Waals surface area contributed by atoms with E-state index in [0.29, 0.717) is 13.1 Å². The first-order chi connectivity index (χ1) is 11.0. The van der Waals surface area contributed by atoms with Crippen molar-refractivity contribution in [3.63, 3.8) is 0 Å². The molecule has 1 aromatic carbocycles. The molecule has 5 nitrogen and oxygen atoms in total. The van der Waals surface area contributed by atoms with E-state index in [1.165, 1.54) is 11.1 Å². The molecule has 5 heteroatoms. The van der Waals surface area contributed by atoms with Crippen molar-refractivity contribution in [2.24, 2.45) is 0 Å². The van der Waals surface area contributed by atoms with E-state index in [4.69, 9.17) is 4.74 Å². The van der Waals surface area contributed by atoms with Crippen LogP contribution >= 0.6 is 0 Å². The summed E-state index contributed by atoms with van der Waals surface area (Å²) in [7, 11) is 2.09. The number of carbonyl (C=O) groups excluding carboxylic acids is 1. The molecule has 1 fully saturated rings. The highest BCUT2D eigenvalue weighted by molar-refractivity contribution is 5.78. The number of rotatable bonds is 6. The third-order valence-electron chi connectivity index (χ3n) is 4.41. The smallest absolute Gasteiger partial charge is 0.234 e. The molecule has 0 unspecified atom stereocenters. The van der Waals surface area contributed by atoms with E-state index in [2.05, 4.69) is 54.6 Å². The molecule has 0 aromatic heterocycles. The summed E-state index contributed by atoms with van der Waals surface area (Å²) < 4.78 is 5.67. The predicted octanol–water partition coefficient (Wildman–Crippen LogP) is 1.40. The highest BCUT2D eigenvalue weighted by atomic mass is 16.5. The van der Waals surface area contributed by atoms with Crippen LogP contribution in [-0.4, -0.2) is 56.7 Å². The quantitative estimate of drug-likeness (QED) is 0.832. The number of ether oxygens (including phenoxy) is 1. The average molecular weight is 319 g/mol. The highest BCUT2D eigenvalue weighted by Crippen LogP contribution is 2.16. The van der Waals surface area contributed by atoms with Crippen molar-refractivity contribution in [2.45, 2.75) is 32.9 Å². The molecule has 1 aliphatic rings. The Labute approximate surface area is 139 Å². The zero-order chi connectivity index (χ0) is 16.8. The summed E-state index contributed by atoms with van der Waals surface area (Å²) in [6.07, 6.45) is 0.165. The highest BCUT2D eigenvalue weighted by Gasteiger charge is 2.17. The fraction of sp³-hybridized carbons (Fsp3) is 0.611. The topological polar surface area (TPSA) is 53.6 Å². The van der Waals surface area contributed by atoms with Crippen molar-refractivity contribution < 1.29 is 9.53 Å². The molecule has 2 N–H and O–H groups in total. The van der Waals surface area contributed by atoms with Crippen LogP contribution in [-0.2, 0) is 9.53 Å². The van der Waals surface area contributed by atoms with Crippen molar-refractivity contribution in [1.82, 2.24) is 15.5 Å². The maximum absolute atomic E-state index is 12.1. The standard InChI is InChI=1S/C18H29N3O2/c1-13-5-6-16(9-14(13)2)15(3)20-18(22)11-19-10-17-12-21(4)7-8-23-17/h5-6,9,15,17,19H,7-8,10-12H2,1-4H3,(H,20,22)/t15-,17+/m1/s1. The van der Waals surface area contributed by atoms with Crippen LogP contribution in [0, 0.1) is 13.8 Å². The fourth-order valence-corrected chi connectivity index (χ4v) is 2.75. The molecule has 128 valence electrons. The van der Waals surface area contributed by atoms with Crippen molar-refractivity contribution in [3.8, 4) is 0 Å². The molecule has 0 aliphatic carbocycles. The van der Waals surface area contributed by atoms with Gasteiger partial charge in [0.15, 0.2) is 0 Å². The van der Waals surface area contributed by atoms with Crippen LogP contribution in [0.2, 0.25) is 0 Å². The summed E-state index contributed by atoms with van der Waals surface area (Å²) in [4.78, 5) is 14.3. The molecule has 2 atom stereocenters. The number of aryl methyl sites for hydroxylation is 2. The van der Waals surface area contributed by atoms with Gasteiger partial charge in [0.2, 0.25) is 5.91 Å². The molecule has 0 saturated carbocycles. The van der Waals surface area contributed by atoms with E-state index >= 15 is 0 Å². The molecule has 1 aromatic rings. The lowest BCUT2D eigenvalue weighted by atomic mass is 10.0. The zero-order valence-corrected chi connectivity index (χ0v) is 14.7. The van der Waals surface area contributed by atoms with Crippen LogP contribution in [0.5, 0.6) is 0 Å². The van der Waals surface area contributed by atoms with E-state index in [1.807, 2.05) is 6.92 Å². The second-order valence-corrected chi connectivity index (χ2v) is 6.52. The third-order valence-corrected chi connectivity index (χ3v) is 4.41. The summed E-state index contributed by atoms with van der Waals surface area (Å²) in [5.41, 5.74) is 3.66. The molecule has 2 rings (SSSR count). The van der Waals surface area contributed by atoms with Gasteiger partial charge in [-0.1, -0.05) is 18.2 Å². The lowest BCUT2D eigenvalue weighted by Crippen LogP contribution is -2.46. The minimum atomic E-state index is 0.0138. The first-order valence-electron chi connectivity index (χ1n) is 8.33. The van der Waals surface area contributed by atoms with Gasteiger partial charge in [0, 0.05) is 19.6 Å². The fourth-order valence-electron chi connectivity index (χ4n) is 2.75. The minimum absolute atomic E-state index is 0.0138. The van der Waals surface area contributed by atoms with Crippen molar-refractivity contribution in [2.75, 3.05) is 39.8 Å². The SMILES string of the molecule is Cc1ccc([C@@H](C)NC(=O)CNC[C@H]2CN(C)CCO2)cc1C. The lowest BCUT2D eigenvalue weighted by Gasteiger charge is -2.30.